The minimum absolute atomic E-state index is 0.187. The van der Waals surface area contributed by atoms with Gasteiger partial charge in [0.25, 0.3) is 0 Å². The highest BCUT2D eigenvalue weighted by atomic mass is 32.1. The summed E-state index contributed by atoms with van der Waals surface area (Å²) in [5.74, 6) is 0. The molecule has 0 aromatic carbocycles. The number of nitrogens with zero attached hydrogens (tertiary/aromatic N) is 1. The predicted octanol–water partition coefficient (Wildman–Crippen LogP) is 2.14. The SMILES string of the molecule is C=C(C)CNC(=O)NCc1nc(C)sc1C. The standard InChI is InChI=1S/C11H17N3OS/c1-7(2)5-12-11(15)13-6-10-8(3)16-9(4)14-10/h1,5-6H2,2-4H3,(H2,12,13,15). The second kappa shape index (κ2) is 5.65. The van der Waals surface area contributed by atoms with Gasteiger partial charge in [-0.1, -0.05) is 12.2 Å². The lowest BCUT2D eigenvalue weighted by Crippen LogP contribution is -2.35. The Labute approximate surface area is 99.8 Å². The molecular weight excluding hydrogens is 222 g/mol. The van der Waals surface area contributed by atoms with Gasteiger partial charge in [-0.25, -0.2) is 9.78 Å². The monoisotopic (exact) mass is 239 g/mol. The highest BCUT2D eigenvalue weighted by Gasteiger charge is 2.06. The number of carbonyl (C=O) groups excluding carboxylic acids is 1. The molecule has 0 bridgehead atoms. The number of amides is 2. The number of aromatic nitrogens is 1. The van der Waals surface area contributed by atoms with E-state index in [9.17, 15) is 4.79 Å². The van der Waals surface area contributed by atoms with Gasteiger partial charge in [0, 0.05) is 11.4 Å². The molecule has 16 heavy (non-hydrogen) atoms. The molecule has 5 heteroatoms. The molecule has 4 nitrogen and oxygen atoms in total. The van der Waals surface area contributed by atoms with Gasteiger partial charge in [0.1, 0.15) is 0 Å². The Morgan fingerprint density at radius 2 is 2.12 bits per heavy atom. The van der Waals surface area contributed by atoms with Gasteiger partial charge in [-0.2, -0.15) is 0 Å². The van der Waals surface area contributed by atoms with Crippen LogP contribution in [-0.2, 0) is 6.54 Å². The van der Waals surface area contributed by atoms with E-state index in [1.807, 2.05) is 20.8 Å². The van der Waals surface area contributed by atoms with Crippen LogP contribution in [0.2, 0.25) is 0 Å². The van der Waals surface area contributed by atoms with Gasteiger partial charge in [-0.3, -0.25) is 0 Å². The van der Waals surface area contributed by atoms with Gasteiger partial charge in [-0.05, 0) is 20.8 Å². The Hall–Kier alpha value is -1.36. The molecule has 0 aliphatic heterocycles. The molecule has 0 unspecified atom stereocenters. The van der Waals surface area contributed by atoms with E-state index in [2.05, 4.69) is 22.2 Å². The maximum absolute atomic E-state index is 11.4. The van der Waals surface area contributed by atoms with Crippen molar-refractivity contribution < 1.29 is 4.79 Å². The topological polar surface area (TPSA) is 54.0 Å². The van der Waals surface area contributed by atoms with Crippen molar-refractivity contribution in [1.29, 1.82) is 0 Å². The summed E-state index contributed by atoms with van der Waals surface area (Å²) in [6.45, 7) is 10.5. The smallest absolute Gasteiger partial charge is 0.315 e. The van der Waals surface area contributed by atoms with Crippen LogP contribution in [0.3, 0.4) is 0 Å². The number of carbonyl (C=O) groups is 1. The van der Waals surface area contributed by atoms with E-state index in [1.165, 1.54) is 0 Å². The van der Waals surface area contributed by atoms with Crippen molar-refractivity contribution >= 4 is 17.4 Å². The first-order valence-electron chi connectivity index (χ1n) is 5.08. The predicted molar refractivity (Wildman–Crippen MR) is 66.6 cm³/mol. The van der Waals surface area contributed by atoms with E-state index in [0.717, 1.165) is 21.2 Å². The molecule has 1 heterocycles. The van der Waals surface area contributed by atoms with Crippen LogP contribution in [0.15, 0.2) is 12.2 Å². The largest absolute Gasteiger partial charge is 0.334 e. The molecule has 1 aromatic rings. The molecule has 1 aromatic heterocycles. The lowest BCUT2D eigenvalue weighted by atomic mass is 10.3. The van der Waals surface area contributed by atoms with E-state index in [1.54, 1.807) is 11.3 Å². The van der Waals surface area contributed by atoms with Crippen LogP contribution in [-0.4, -0.2) is 17.6 Å². The number of hydrogen-bond donors (Lipinski definition) is 2. The van der Waals surface area contributed by atoms with Crippen molar-refractivity contribution in [3.63, 3.8) is 0 Å². The molecule has 0 radical (unpaired) electrons. The van der Waals surface area contributed by atoms with Crippen LogP contribution in [0.1, 0.15) is 22.5 Å². The zero-order chi connectivity index (χ0) is 12.1. The summed E-state index contributed by atoms with van der Waals surface area (Å²) >= 11 is 1.64. The van der Waals surface area contributed by atoms with E-state index in [4.69, 9.17) is 0 Å². The Morgan fingerprint density at radius 1 is 1.44 bits per heavy atom. The summed E-state index contributed by atoms with van der Waals surface area (Å²) < 4.78 is 0. The van der Waals surface area contributed by atoms with Crippen molar-refractivity contribution in [3.05, 3.63) is 27.7 Å². The number of thiazole rings is 1. The third kappa shape index (κ3) is 4.02. The lowest BCUT2D eigenvalue weighted by Gasteiger charge is -2.06. The van der Waals surface area contributed by atoms with Crippen molar-refractivity contribution in [1.82, 2.24) is 15.6 Å². The van der Waals surface area contributed by atoms with Crippen LogP contribution in [0.5, 0.6) is 0 Å². The van der Waals surface area contributed by atoms with E-state index in [-0.39, 0.29) is 6.03 Å². The molecule has 0 saturated carbocycles. The van der Waals surface area contributed by atoms with E-state index >= 15 is 0 Å². The van der Waals surface area contributed by atoms with Gasteiger partial charge >= 0.3 is 6.03 Å². The molecule has 2 amide bonds. The Kier molecular flexibility index (Phi) is 4.49. The molecule has 0 fully saturated rings. The Bertz CT molecular complexity index is 398. The molecule has 1 rings (SSSR count). The van der Waals surface area contributed by atoms with Crippen LogP contribution in [0.4, 0.5) is 4.79 Å². The summed E-state index contributed by atoms with van der Waals surface area (Å²) in [6.07, 6.45) is 0. The molecule has 0 aliphatic rings. The first-order chi connectivity index (χ1) is 7.49. The third-order valence-corrected chi connectivity index (χ3v) is 2.90. The molecule has 0 aliphatic carbocycles. The normalized spacial score (nSPS) is 9.94. The molecule has 88 valence electrons. The van der Waals surface area contributed by atoms with Gasteiger partial charge < -0.3 is 10.6 Å². The fourth-order valence-corrected chi connectivity index (χ4v) is 2.03. The molecule has 0 saturated heterocycles. The minimum Gasteiger partial charge on any atom is -0.334 e. The number of rotatable bonds is 4. The van der Waals surface area contributed by atoms with Crippen molar-refractivity contribution in [2.45, 2.75) is 27.3 Å². The van der Waals surface area contributed by atoms with Crippen LogP contribution in [0.25, 0.3) is 0 Å². The van der Waals surface area contributed by atoms with Crippen molar-refractivity contribution in [2.75, 3.05) is 6.54 Å². The maximum atomic E-state index is 11.4. The summed E-state index contributed by atoms with van der Waals surface area (Å²) in [5, 5.41) is 6.49. The molecule has 0 atom stereocenters. The highest BCUT2D eigenvalue weighted by molar-refractivity contribution is 7.11. The molecular formula is C11H17N3OS. The van der Waals surface area contributed by atoms with Gasteiger partial charge in [0.15, 0.2) is 0 Å². The summed E-state index contributed by atoms with van der Waals surface area (Å²) in [7, 11) is 0. The summed E-state index contributed by atoms with van der Waals surface area (Å²) in [5.41, 5.74) is 1.86. The Balaban J connectivity index is 2.37. The summed E-state index contributed by atoms with van der Waals surface area (Å²) in [4.78, 5) is 16.8. The van der Waals surface area contributed by atoms with Gasteiger partial charge in [0.2, 0.25) is 0 Å². The number of aryl methyl sites for hydroxylation is 2. The second-order valence-electron chi connectivity index (χ2n) is 3.73. The fraction of sp³-hybridized carbons (Fsp3) is 0.455. The van der Waals surface area contributed by atoms with Gasteiger partial charge in [-0.15, -0.1) is 11.3 Å². The van der Waals surface area contributed by atoms with Crippen molar-refractivity contribution in [2.24, 2.45) is 0 Å². The van der Waals surface area contributed by atoms with Crippen LogP contribution >= 0.6 is 11.3 Å². The first kappa shape index (κ1) is 12.7. The van der Waals surface area contributed by atoms with Crippen LogP contribution in [0, 0.1) is 13.8 Å². The first-order valence-corrected chi connectivity index (χ1v) is 5.89. The molecule has 2 N–H and O–H groups in total. The van der Waals surface area contributed by atoms with Crippen LogP contribution < -0.4 is 10.6 Å². The lowest BCUT2D eigenvalue weighted by molar-refractivity contribution is 0.241. The Morgan fingerprint density at radius 3 is 2.62 bits per heavy atom. The zero-order valence-electron chi connectivity index (χ0n) is 9.89. The number of urea groups is 1. The van der Waals surface area contributed by atoms with Gasteiger partial charge in [0.05, 0.1) is 17.2 Å². The fourth-order valence-electron chi connectivity index (χ4n) is 1.19. The highest BCUT2D eigenvalue weighted by Crippen LogP contribution is 2.15. The second-order valence-corrected chi connectivity index (χ2v) is 5.14. The number of hydrogen-bond acceptors (Lipinski definition) is 3. The van der Waals surface area contributed by atoms with E-state index in [0.29, 0.717) is 13.1 Å². The van der Waals surface area contributed by atoms with E-state index < -0.39 is 0 Å². The third-order valence-electron chi connectivity index (χ3n) is 1.97. The average Bonchev–Trinajstić information content (AvgIpc) is 2.51. The average molecular weight is 239 g/mol. The minimum atomic E-state index is -0.187. The summed E-state index contributed by atoms with van der Waals surface area (Å²) in [6, 6.07) is -0.187. The van der Waals surface area contributed by atoms with Crippen molar-refractivity contribution in [3.8, 4) is 0 Å². The maximum Gasteiger partial charge on any atom is 0.315 e. The zero-order valence-corrected chi connectivity index (χ0v) is 10.7. The number of nitrogens with one attached hydrogen (secondary N) is 2. The molecule has 0 spiro atoms. The quantitative estimate of drug-likeness (QED) is 0.791.